The van der Waals surface area contributed by atoms with Gasteiger partial charge in [-0.1, -0.05) is 60.1 Å². The van der Waals surface area contributed by atoms with Crippen LogP contribution in [-0.2, 0) is 4.43 Å². The van der Waals surface area contributed by atoms with Crippen molar-refractivity contribution < 1.29 is 9.53 Å². The molecule has 0 heterocycles. The Kier molecular flexibility index (Phi) is 6.89. The van der Waals surface area contributed by atoms with Gasteiger partial charge in [-0.25, -0.2) is 0 Å². The Morgan fingerprint density at radius 2 is 1.71 bits per heavy atom. The van der Waals surface area contributed by atoms with E-state index in [4.69, 9.17) is 4.43 Å². The number of aliphatic hydroxyl groups is 1. The summed E-state index contributed by atoms with van der Waals surface area (Å²) in [6, 6.07) is 3.78. The Hall–Kier alpha value is -0.123. The smallest absolute Gasteiger partial charge is 0.192 e. The lowest BCUT2D eigenvalue weighted by atomic mass is 9.58. The highest BCUT2D eigenvalue weighted by Crippen LogP contribution is 2.61. The summed E-state index contributed by atoms with van der Waals surface area (Å²) in [7, 11) is -1.55. The van der Waals surface area contributed by atoms with Gasteiger partial charge < -0.3 is 9.53 Å². The Bertz CT molecular complexity index is 540. The Morgan fingerprint density at radius 3 is 2.29 bits per heavy atom. The number of aliphatic hydroxyl groups excluding tert-OH is 1. The summed E-state index contributed by atoms with van der Waals surface area (Å²) in [5, 5.41) is 10.3. The van der Waals surface area contributed by atoms with Gasteiger partial charge in [-0.3, -0.25) is 0 Å². The fourth-order valence-corrected chi connectivity index (χ4v) is 9.79. The predicted molar refractivity (Wildman–Crippen MR) is 122 cm³/mol. The van der Waals surface area contributed by atoms with Gasteiger partial charge in [-0.15, -0.1) is 0 Å². The summed E-state index contributed by atoms with van der Waals surface area (Å²) >= 11 is 0. The van der Waals surface area contributed by atoms with Crippen molar-refractivity contribution in [1.29, 1.82) is 0 Å². The second-order valence-corrected chi connectivity index (χ2v) is 15.8. The lowest BCUT2D eigenvalue weighted by Gasteiger charge is -2.50. The van der Waals surface area contributed by atoms with Gasteiger partial charge in [0.2, 0.25) is 0 Å². The molecule has 3 fully saturated rings. The summed E-state index contributed by atoms with van der Waals surface area (Å²) in [5.74, 6) is 1.95. The molecule has 0 radical (unpaired) electrons. The van der Waals surface area contributed by atoms with Gasteiger partial charge in [-0.2, -0.15) is 0 Å². The molecule has 0 bridgehead atoms. The average Bonchev–Trinajstić information content (AvgIpc) is 3.46. The monoisotopic (exact) mass is 406 g/mol. The van der Waals surface area contributed by atoms with Crippen LogP contribution < -0.4 is 0 Å². The highest BCUT2D eigenvalue weighted by atomic mass is 28.4. The third kappa shape index (κ3) is 4.32. The molecule has 3 rings (SSSR count). The summed E-state index contributed by atoms with van der Waals surface area (Å²) in [6.07, 6.45) is 13.7. The molecular weight excluding hydrogens is 360 g/mol. The predicted octanol–water partition coefficient (Wildman–Crippen LogP) is 6.95. The van der Waals surface area contributed by atoms with Gasteiger partial charge in [0, 0.05) is 6.10 Å². The highest BCUT2D eigenvalue weighted by molar-refractivity contribution is 6.73. The van der Waals surface area contributed by atoms with Crippen LogP contribution in [-0.4, -0.2) is 25.6 Å². The van der Waals surface area contributed by atoms with Crippen LogP contribution in [0.1, 0.15) is 86.5 Å². The molecule has 3 aliphatic carbocycles. The van der Waals surface area contributed by atoms with E-state index in [-0.39, 0.29) is 11.5 Å². The number of hydrogen-bond donors (Lipinski definition) is 1. The summed E-state index contributed by atoms with van der Waals surface area (Å²) in [6.45, 7) is 14.5. The molecule has 0 aromatic carbocycles. The standard InChI is InChI=1S/C25H46O2Si/c1-7-28(8-2,9-3)27-22-11-10-17-25(6)20(22)14-15-23(25)24(4,5)18-16-21(26)19-12-13-19/h16,18-23,26H,7-15,17H2,1-6H3/b18-16+/t20-,21?,22-,23?,25-/m0/s1. The maximum Gasteiger partial charge on any atom is 0.192 e. The highest BCUT2D eigenvalue weighted by Gasteiger charge is 2.56. The van der Waals surface area contributed by atoms with E-state index < -0.39 is 8.32 Å². The average molecular weight is 407 g/mol. The number of rotatable bonds is 9. The first-order chi connectivity index (χ1) is 13.2. The second-order valence-electron chi connectivity index (χ2n) is 11.0. The molecule has 162 valence electrons. The number of hydrogen-bond acceptors (Lipinski definition) is 2. The third-order valence-corrected chi connectivity index (χ3v) is 13.8. The van der Waals surface area contributed by atoms with Crippen molar-refractivity contribution >= 4 is 8.32 Å². The zero-order chi connectivity index (χ0) is 20.6. The Morgan fingerprint density at radius 1 is 1.07 bits per heavy atom. The first-order valence-electron chi connectivity index (χ1n) is 12.3. The number of allylic oxidation sites excluding steroid dienone is 1. The van der Waals surface area contributed by atoms with E-state index in [1.807, 2.05) is 0 Å². The molecule has 5 atom stereocenters. The third-order valence-electron chi connectivity index (χ3n) is 9.12. The Balaban J connectivity index is 1.75. The topological polar surface area (TPSA) is 29.5 Å². The molecule has 2 nitrogen and oxygen atoms in total. The fourth-order valence-electron chi connectivity index (χ4n) is 6.86. The fraction of sp³-hybridized carbons (Fsp3) is 0.920. The maximum atomic E-state index is 10.3. The molecule has 0 aromatic rings. The number of fused-ring (bicyclic) bond motifs is 1. The quantitative estimate of drug-likeness (QED) is 0.332. The van der Waals surface area contributed by atoms with E-state index in [0.717, 1.165) is 5.92 Å². The van der Waals surface area contributed by atoms with Crippen molar-refractivity contribution in [2.24, 2.45) is 28.6 Å². The van der Waals surface area contributed by atoms with Crippen LogP contribution >= 0.6 is 0 Å². The van der Waals surface area contributed by atoms with Gasteiger partial charge in [0.25, 0.3) is 0 Å². The molecule has 2 unspecified atom stereocenters. The molecule has 3 heteroatoms. The van der Waals surface area contributed by atoms with Crippen LogP contribution in [0.3, 0.4) is 0 Å². The first-order valence-corrected chi connectivity index (χ1v) is 14.8. The molecule has 3 saturated carbocycles. The largest absolute Gasteiger partial charge is 0.414 e. The van der Waals surface area contributed by atoms with Crippen molar-refractivity contribution in [3.8, 4) is 0 Å². The lowest BCUT2D eigenvalue weighted by molar-refractivity contribution is -0.0280. The van der Waals surface area contributed by atoms with Crippen LogP contribution in [0, 0.1) is 28.6 Å². The zero-order valence-electron chi connectivity index (χ0n) is 19.5. The molecule has 0 aromatic heterocycles. The van der Waals surface area contributed by atoms with Crippen LogP contribution in [0.5, 0.6) is 0 Å². The second kappa shape index (κ2) is 8.55. The van der Waals surface area contributed by atoms with Crippen molar-refractivity contribution in [3.63, 3.8) is 0 Å². The van der Waals surface area contributed by atoms with E-state index in [1.165, 1.54) is 63.1 Å². The molecule has 0 aliphatic heterocycles. The van der Waals surface area contributed by atoms with Crippen molar-refractivity contribution in [1.82, 2.24) is 0 Å². The SMILES string of the molecule is CC[Si](CC)(CC)O[C@H]1CCC[C@]2(C)C(C(C)(C)/C=C/C(O)C3CC3)CC[C@@H]12. The van der Waals surface area contributed by atoms with Gasteiger partial charge >= 0.3 is 0 Å². The van der Waals surface area contributed by atoms with E-state index in [9.17, 15) is 5.11 Å². The zero-order valence-corrected chi connectivity index (χ0v) is 20.5. The van der Waals surface area contributed by atoms with Crippen LogP contribution in [0.15, 0.2) is 12.2 Å². The van der Waals surface area contributed by atoms with Gasteiger partial charge in [0.15, 0.2) is 8.32 Å². The van der Waals surface area contributed by atoms with E-state index in [2.05, 4.69) is 53.7 Å². The van der Waals surface area contributed by atoms with E-state index in [1.54, 1.807) is 0 Å². The first kappa shape index (κ1) is 22.6. The van der Waals surface area contributed by atoms with Crippen LogP contribution in [0.25, 0.3) is 0 Å². The lowest BCUT2D eigenvalue weighted by Crippen LogP contribution is -2.49. The van der Waals surface area contributed by atoms with Gasteiger partial charge in [-0.05, 0) is 85.2 Å². The van der Waals surface area contributed by atoms with Crippen molar-refractivity contribution in [2.75, 3.05) is 0 Å². The van der Waals surface area contributed by atoms with Crippen LogP contribution in [0.4, 0.5) is 0 Å². The minimum atomic E-state index is -1.55. The molecule has 28 heavy (non-hydrogen) atoms. The summed E-state index contributed by atoms with van der Waals surface area (Å²) < 4.78 is 7.09. The molecule has 3 aliphatic rings. The Labute approximate surface area is 175 Å². The normalized spacial score (nSPS) is 35.3. The van der Waals surface area contributed by atoms with Gasteiger partial charge in [0.05, 0.1) is 6.10 Å². The van der Waals surface area contributed by atoms with Crippen LogP contribution in [0.2, 0.25) is 18.1 Å². The minimum Gasteiger partial charge on any atom is -0.414 e. The molecule has 0 saturated heterocycles. The summed E-state index contributed by atoms with van der Waals surface area (Å²) in [5.41, 5.74) is 0.534. The molecular formula is C25H46O2Si. The maximum absolute atomic E-state index is 10.3. The minimum absolute atomic E-state index is 0.149. The van der Waals surface area contributed by atoms with E-state index >= 15 is 0 Å². The molecule has 0 spiro atoms. The molecule has 0 amide bonds. The summed E-state index contributed by atoms with van der Waals surface area (Å²) in [4.78, 5) is 0. The molecule has 1 N–H and O–H groups in total. The van der Waals surface area contributed by atoms with Crippen molar-refractivity contribution in [3.05, 3.63) is 12.2 Å². The van der Waals surface area contributed by atoms with Gasteiger partial charge in [0.1, 0.15) is 0 Å². The van der Waals surface area contributed by atoms with Crippen molar-refractivity contribution in [2.45, 2.75) is 117 Å². The van der Waals surface area contributed by atoms with E-state index in [0.29, 0.717) is 23.4 Å².